The van der Waals surface area contributed by atoms with Crippen LogP contribution in [0.25, 0.3) is 0 Å². The van der Waals surface area contributed by atoms with Crippen LogP contribution in [0.3, 0.4) is 0 Å². The Morgan fingerprint density at radius 1 is 1.21 bits per heavy atom. The van der Waals surface area contributed by atoms with Crippen LogP contribution in [-0.2, 0) is 0 Å². The molecule has 0 saturated heterocycles. The zero-order valence-electron chi connectivity index (χ0n) is 12.0. The van der Waals surface area contributed by atoms with E-state index in [0.29, 0.717) is 6.04 Å². The Kier molecular flexibility index (Phi) is 5.37. The number of hydrogen-bond donors (Lipinski definition) is 2. The summed E-state index contributed by atoms with van der Waals surface area (Å²) >= 11 is 0. The lowest BCUT2D eigenvalue weighted by atomic mass is 10.1. The highest BCUT2D eigenvalue weighted by atomic mass is 16.5. The largest absolute Gasteiger partial charge is 0.491 e. The maximum Gasteiger partial charge on any atom is 0.144 e. The molecule has 3 nitrogen and oxygen atoms in total. The topological polar surface area (TPSA) is 47.3 Å². The van der Waals surface area contributed by atoms with Crippen LogP contribution in [0.4, 0.5) is 11.4 Å². The molecule has 1 saturated carbocycles. The molecule has 0 radical (unpaired) electrons. The Balaban J connectivity index is 2.02. The standard InChI is InChI=1S/C16H26N2O/c1-2-12-19-15-11-7-10-14(16(15)17)18-13-8-5-3-4-6-9-13/h7,10-11,13,18H,2-6,8-9,12,17H2,1H3. The Bertz CT molecular complexity index is 384. The summed E-state index contributed by atoms with van der Waals surface area (Å²) in [5, 5.41) is 3.60. The Hall–Kier alpha value is -1.38. The Labute approximate surface area is 116 Å². The quantitative estimate of drug-likeness (QED) is 0.618. The molecule has 1 fully saturated rings. The van der Waals surface area contributed by atoms with Gasteiger partial charge in [0.05, 0.1) is 18.0 Å². The molecule has 0 heterocycles. The van der Waals surface area contributed by atoms with Crippen molar-refractivity contribution in [2.24, 2.45) is 0 Å². The normalized spacial score (nSPS) is 16.9. The molecule has 0 bridgehead atoms. The monoisotopic (exact) mass is 262 g/mol. The van der Waals surface area contributed by atoms with Gasteiger partial charge >= 0.3 is 0 Å². The number of rotatable bonds is 5. The molecular formula is C16H26N2O. The molecule has 0 aromatic heterocycles. The van der Waals surface area contributed by atoms with Gasteiger partial charge in [-0.15, -0.1) is 0 Å². The maximum atomic E-state index is 6.19. The second kappa shape index (κ2) is 7.27. The molecule has 1 aromatic rings. The third-order valence-corrected chi connectivity index (χ3v) is 3.74. The highest BCUT2D eigenvalue weighted by Crippen LogP contribution is 2.31. The van der Waals surface area contributed by atoms with Gasteiger partial charge in [0.15, 0.2) is 0 Å². The Morgan fingerprint density at radius 2 is 1.95 bits per heavy atom. The number of hydrogen-bond acceptors (Lipinski definition) is 3. The zero-order valence-corrected chi connectivity index (χ0v) is 12.0. The first-order valence-electron chi connectivity index (χ1n) is 7.59. The van der Waals surface area contributed by atoms with Crippen LogP contribution in [0.1, 0.15) is 51.9 Å². The number of nitrogens with one attached hydrogen (secondary N) is 1. The van der Waals surface area contributed by atoms with Gasteiger partial charge < -0.3 is 15.8 Å². The zero-order chi connectivity index (χ0) is 13.5. The van der Waals surface area contributed by atoms with E-state index in [1.807, 2.05) is 12.1 Å². The smallest absolute Gasteiger partial charge is 0.144 e. The lowest BCUT2D eigenvalue weighted by Crippen LogP contribution is -2.19. The van der Waals surface area contributed by atoms with Gasteiger partial charge in [-0.05, 0) is 31.4 Å². The van der Waals surface area contributed by atoms with E-state index >= 15 is 0 Å². The van der Waals surface area contributed by atoms with E-state index in [0.717, 1.165) is 30.2 Å². The molecule has 1 aliphatic rings. The van der Waals surface area contributed by atoms with Gasteiger partial charge in [0.25, 0.3) is 0 Å². The Morgan fingerprint density at radius 3 is 2.63 bits per heavy atom. The summed E-state index contributed by atoms with van der Waals surface area (Å²) in [7, 11) is 0. The predicted octanol–water partition coefficient (Wildman–Crippen LogP) is 4.19. The van der Waals surface area contributed by atoms with E-state index in [2.05, 4.69) is 18.3 Å². The fraction of sp³-hybridized carbons (Fsp3) is 0.625. The van der Waals surface area contributed by atoms with Crippen LogP contribution in [0.15, 0.2) is 18.2 Å². The van der Waals surface area contributed by atoms with Gasteiger partial charge in [0.2, 0.25) is 0 Å². The van der Waals surface area contributed by atoms with Crippen molar-refractivity contribution < 1.29 is 4.74 Å². The maximum absolute atomic E-state index is 6.19. The number of nitrogens with two attached hydrogens (primary N) is 1. The molecule has 3 heteroatoms. The number of anilines is 2. The van der Waals surface area contributed by atoms with Gasteiger partial charge in [-0.3, -0.25) is 0 Å². The van der Waals surface area contributed by atoms with Crippen LogP contribution in [0, 0.1) is 0 Å². The van der Waals surface area contributed by atoms with E-state index in [1.165, 1.54) is 38.5 Å². The van der Waals surface area contributed by atoms with Crippen LogP contribution in [0.2, 0.25) is 0 Å². The van der Waals surface area contributed by atoms with Crippen molar-refractivity contribution in [2.45, 2.75) is 57.9 Å². The summed E-state index contributed by atoms with van der Waals surface area (Å²) in [6.45, 7) is 2.82. The lowest BCUT2D eigenvalue weighted by Gasteiger charge is -2.20. The number of para-hydroxylation sites is 1. The van der Waals surface area contributed by atoms with Gasteiger partial charge in [0, 0.05) is 6.04 Å². The van der Waals surface area contributed by atoms with Gasteiger partial charge in [-0.2, -0.15) is 0 Å². The molecule has 106 valence electrons. The summed E-state index contributed by atoms with van der Waals surface area (Å²) in [5.74, 6) is 0.806. The van der Waals surface area contributed by atoms with Crippen LogP contribution in [0.5, 0.6) is 5.75 Å². The molecule has 0 amide bonds. The SMILES string of the molecule is CCCOc1cccc(NC2CCCCCC2)c1N. The van der Waals surface area contributed by atoms with Crippen molar-refractivity contribution in [3.63, 3.8) is 0 Å². The van der Waals surface area contributed by atoms with Crippen LogP contribution in [-0.4, -0.2) is 12.6 Å². The van der Waals surface area contributed by atoms with Crippen molar-refractivity contribution in [1.82, 2.24) is 0 Å². The number of ether oxygens (including phenoxy) is 1. The van der Waals surface area contributed by atoms with Gasteiger partial charge in [0.1, 0.15) is 5.75 Å². The minimum atomic E-state index is 0.561. The first kappa shape index (κ1) is 14.0. The second-order valence-electron chi connectivity index (χ2n) is 5.40. The molecular weight excluding hydrogens is 236 g/mol. The highest BCUT2D eigenvalue weighted by molar-refractivity contribution is 5.73. The van der Waals surface area contributed by atoms with Crippen molar-refractivity contribution in [3.05, 3.63) is 18.2 Å². The van der Waals surface area contributed by atoms with E-state index in [1.54, 1.807) is 0 Å². The second-order valence-corrected chi connectivity index (χ2v) is 5.40. The van der Waals surface area contributed by atoms with Crippen molar-refractivity contribution in [3.8, 4) is 5.75 Å². The highest BCUT2D eigenvalue weighted by Gasteiger charge is 2.14. The molecule has 0 atom stereocenters. The van der Waals surface area contributed by atoms with E-state index in [9.17, 15) is 0 Å². The summed E-state index contributed by atoms with van der Waals surface area (Å²) in [6.07, 6.45) is 8.88. The number of nitrogen functional groups attached to an aromatic ring is 1. The van der Waals surface area contributed by atoms with E-state index in [-0.39, 0.29) is 0 Å². The minimum absolute atomic E-state index is 0.561. The molecule has 1 aromatic carbocycles. The van der Waals surface area contributed by atoms with Gasteiger partial charge in [-0.1, -0.05) is 38.7 Å². The van der Waals surface area contributed by atoms with Crippen LogP contribution < -0.4 is 15.8 Å². The summed E-state index contributed by atoms with van der Waals surface area (Å²) in [4.78, 5) is 0. The van der Waals surface area contributed by atoms with Crippen LogP contribution >= 0.6 is 0 Å². The molecule has 3 N–H and O–H groups in total. The first-order valence-corrected chi connectivity index (χ1v) is 7.59. The van der Waals surface area contributed by atoms with Crippen molar-refractivity contribution in [2.75, 3.05) is 17.7 Å². The average molecular weight is 262 g/mol. The summed E-state index contributed by atoms with van der Waals surface area (Å²) in [5.41, 5.74) is 7.97. The lowest BCUT2D eigenvalue weighted by molar-refractivity contribution is 0.319. The third kappa shape index (κ3) is 4.05. The van der Waals surface area contributed by atoms with E-state index in [4.69, 9.17) is 10.5 Å². The predicted molar refractivity (Wildman–Crippen MR) is 81.8 cm³/mol. The number of benzene rings is 1. The third-order valence-electron chi connectivity index (χ3n) is 3.74. The van der Waals surface area contributed by atoms with E-state index < -0.39 is 0 Å². The molecule has 0 spiro atoms. The molecule has 0 unspecified atom stereocenters. The first-order chi connectivity index (χ1) is 9.31. The summed E-state index contributed by atoms with van der Waals surface area (Å²) in [6, 6.07) is 6.58. The van der Waals surface area contributed by atoms with Crippen molar-refractivity contribution in [1.29, 1.82) is 0 Å². The molecule has 19 heavy (non-hydrogen) atoms. The minimum Gasteiger partial charge on any atom is -0.491 e. The fourth-order valence-electron chi connectivity index (χ4n) is 2.65. The summed E-state index contributed by atoms with van der Waals surface area (Å²) < 4.78 is 5.68. The molecule has 1 aliphatic carbocycles. The molecule has 2 rings (SSSR count). The van der Waals surface area contributed by atoms with Crippen molar-refractivity contribution >= 4 is 11.4 Å². The molecule has 0 aliphatic heterocycles. The fourth-order valence-corrected chi connectivity index (χ4v) is 2.65. The average Bonchev–Trinajstić information content (AvgIpc) is 2.68. The van der Waals surface area contributed by atoms with Gasteiger partial charge in [-0.25, -0.2) is 0 Å².